The van der Waals surface area contributed by atoms with Gasteiger partial charge in [-0.15, -0.1) is 11.3 Å². The summed E-state index contributed by atoms with van der Waals surface area (Å²) in [5.41, 5.74) is 1.69. The Morgan fingerprint density at radius 2 is 1.78 bits per heavy atom. The van der Waals surface area contributed by atoms with Crippen LogP contribution in [0, 0.1) is 5.41 Å². The van der Waals surface area contributed by atoms with Crippen LogP contribution in [0.5, 0.6) is 0 Å². The van der Waals surface area contributed by atoms with E-state index in [0.717, 1.165) is 15.5 Å². The second-order valence-electron chi connectivity index (χ2n) is 5.19. The van der Waals surface area contributed by atoms with E-state index >= 15 is 0 Å². The molecule has 0 amide bonds. The van der Waals surface area contributed by atoms with Crippen LogP contribution in [0.15, 0.2) is 60.8 Å². The lowest BCUT2D eigenvalue weighted by Crippen LogP contribution is -2.18. The van der Waals surface area contributed by atoms with E-state index in [1.807, 2.05) is 48.7 Å². The first-order valence-corrected chi connectivity index (χ1v) is 8.38. The minimum atomic E-state index is 0.00573. The molecule has 3 nitrogen and oxygen atoms in total. The van der Waals surface area contributed by atoms with E-state index in [2.05, 4.69) is 0 Å². The first-order valence-electron chi connectivity index (χ1n) is 7.19. The van der Waals surface area contributed by atoms with Crippen molar-refractivity contribution < 1.29 is 4.79 Å². The maximum Gasteiger partial charge on any atom is 0.182 e. The Morgan fingerprint density at radius 1 is 1.09 bits per heavy atom. The third-order valence-electron chi connectivity index (χ3n) is 3.52. The Bertz CT molecular complexity index is 883. The number of benzene rings is 2. The summed E-state index contributed by atoms with van der Waals surface area (Å²) in [5, 5.41) is 8.78. The average Bonchev–Trinajstić information content (AvgIpc) is 2.90. The molecule has 23 heavy (non-hydrogen) atoms. The van der Waals surface area contributed by atoms with Gasteiger partial charge in [0.15, 0.2) is 10.6 Å². The fourth-order valence-electron chi connectivity index (χ4n) is 2.34. The molecule has 2 aromatic carbocycles. The van der Waals surface area contributed by atoms with E-state index < -0.39 is 0 Å². The number of thiazole rings is 1. The molecule has 1 heterocycles. The number of nitrogens with one attached hydrogen (secondary N) is 1. The number of carbonyl (C=O) groups excluding carboxylic acids is 1. The number of halogens is 1. The number of rotatable bonds is 5. The van der Waals surface area contributed by atoms with E-state index in [0.29, 0.717) is 16.8 Å². The van der Waals surface area contributed by atoms with Gasteiger partial charge in [-0.2, -0.15) is 0 Å². The number of carbonyl (C=O) groups is 1. The molecule has 3 rings (SSSR count). The van der Waals surface area contributed by atoms with Crippen LogP contribution in [0.2, 0.25) is 5.02 Å². The SMILES string of the molecule is N=c1sc(Cc2ccccc2Cl)cn1CC(=O)c1ccccc1. The lowest BCUT2D eigenvalue weighted by atomic mass is 10.1. The lowest BCUT2D eigenvalue weighted by Gasteiger charge is -2.02. The van der Waals surface area contributed by atoms with Crippen LogP contribution in [0.4, 0.5) is 0 Å². The number of aromatic nitrogens is 1. The highest BCUT2D eigenvalue weighted by Crippen LogP contribution is 2.20. The summed E-state index contributed by atoms with van der Waals surface area (Å²) in [6.45, 7) is 0.182. The molecule has 1 N–H and O–H groups in total. The van der Waals surface area contributed by atoms with Gasteiger partial charge in [-0.25, -0.2) is 0 Å². The van der Waals surface area contributed by atoms with E-state index in [-0.39, 0.29) is 12.3 Å². The summed E-state index contributed by atoms with van der Waals surface area (Å²) in [7, 11) is 0. The summed E-state index contributed by atoms with van der Waals surface area (Å²) in [5.74, 6) is 0.00573. The first kappa shape index (κ1) is 15.7. The fourth-order valence-corrected chi connectivity index (χ4v) is 3.43. The lowest BCUT2D eigenvalue weighted by molar-refractivity contribution is 0.0971. The molecule has 0 aliphatic rings. The summed E-state index contributed by atoms with van der Waals surface area (Å²) in [6.07, 6.45) is 2.54. The van der Waals surface area contributed by atoms with Crippen molar-refractivity contribution in [3.05, 3.63) is 86.6 Å². The molecule has 0 atom stereocenters. The van der Waals surface area contributed by atoms with Gasteiger partial charge in [0.2, 0.25) is 0 Å². The topological polar surface area (TPSA) is 45.9 Å². The summed E-state index contributed by atoms with van der Waals surface area (Å²) < 4.78 is 1.69. The highest BCUT2D eigenvalue weighted by atomic mass is 35.5. The van der Waals surface area contributed by atoms with Crippen molar-refractivity contribution >= 4 is 28.7 Å². The van der Waals surface area contributed by atoms with Crippen LogP contribution >= 0.6 is 22.9 Å². The van der Waals surface area contributed by atoms with Crippen LogP contribution < -0.4 is 4.80 Å². The molecule has 0 aliphatic carbocycles. The molecule has 0 unspecified atom stereocenters. The predicted molar refractivity (Wildman–Crippen MR) is 93.2 cm³/mol. The number of hydrogen-bond donors (Lipinski definition) is 1. The van der Waals surface area contributed by atoms with Crippen LogP contribution in [-0.2, 0) is 13.0 Å². The molecule has 0 radical (unpaired) electrons. The highest BCUT2D eigenvalue weighted by Gasteiger charge is 2.10. The summed E-state index contributed by atoms with van der Waals surface area (Å²) in [6, 6.07) is 16.8. The second kappa shape index (κ2) is 6.94. The van der Waals surface area contributed by atoms with Crippen LogP contribution in [0.3, 0.4) is 0 Å². The molecule has 5 heteroatoms. The first-order chi connectivity index (χ1) is 11.1. The molecule has 3 aromatic rings. The van der Waals surface area contributed by atoms with Crippen molar-refractivity contribution in [3.63, 3.8) is 0 Å². The van der Waals surface area contributed by atoms with Gasteiger partial charge in [0.1, 0.15) is 0 Å². The molecule has 0 saturated heterocycles. The molecule has 0 bridgehead atoms. The highest BCUT2D eigenvalue weighted by molar-refractivity contribution is 7.09. The van der Waals surface area contributed by atoms with Gasteiger partial charge < -0.3 is 4.57 Å². The minimum Gasteiger partial charge on any atom is -0.316 e. The molecule has 0 saturated carbocycles. The number of Topliss-reactive ketones (excluding diaryl/α,β-unsaturated/α-hetero) is 1. The van der Waals surface area contributed by atoms with Gasteiger partial charge >= 0.3 is 0 Å². The molecule has 0 aliphatic heterocycles. The van der Waals surface area contributed by atoms with E-state index in [9.17, 15) is 4.79 Å². The standard InChI is InChI=1S/C18H15ClN2OS/c19-16-9-5-4-8-14(16)10-15-11-21(18(20)23-15)12-17(22)13-6-2-1-3-7-13/h1-9,11,20H,10,12H2. The fraction of sp³-hybridized carbons (Fsp3) is 0.111. The summed E-state index contributed by atoms with van der Waals surface area (Å²) in [4.78, 5) is 13.7. The third-order valence-corrected chi connectivity index (χ3v) is 4.83. The van der Waals surface area contributed by atoms with Crippen molar-refractivity contribution in [1.82, 2.24) is 4.57 Å². The Morgan fingerprint density at radius 3 is 2.52 bits per heavy atom. The monoisotopic (exact) mass is 342 g/mol. The molecule has 0 spiro atoms. The zero-order valence-corrected chi connectivity index (χ0v) is 13.9. The normalized spacial score (nSPS) is 10.7. The van der Waals surface area contributed by atoms with Crippen LogP contribution in [-0.4, -0.2) is 10.4 Å². The second-order valence-corrected chi connectivity index (χ2v) is 6.71. The average molecular weight is 343 g/mol. The number of hydrogen-bond acceptors (Lipinski definition) is 3. The van der Waals surface area contributed by atoms with Crippen molar-refractivity contribution in [3.8, 4) is 0 Å². The quantitative estimate of drug-likeness (QED) is 0.695. The predicted octanol–water partition coefficient (Wildman–Crippen LogP) is 4.16. The maximum atomic E-state index is 12.3. The van der Waals surface area contributed by atoms with Gasteiger partial charge in [0.25, 0.3) is 0 Å². The van der Waals surface area contributed by atoms with Gasteiger partial charge in [0.05, 0.1) is 6.54 Å². The van der Waals surface area contributed by atoms with Gasteiger partial charge in [-0.3, -0.25) is 10.2 Å². The van der Waals surface area contributed by atoms with Crippen molar-refractivity contribution in [2.24, 2.45) is 0 Å². The Labute approximate surface area is 143 Å². The molecule has 1 aromatic heterocycles. The molecule has 116 valence electrons. The minimum absolute atomic E-state index is 0.00573. The van der Waals surface area contributed by atoms with Crippen molar-refractivity contribution in [1.29, 1.82) is 5.41 Å². The van der Waals surface area contributed by atoms with Crippen LogP contribution in [0.25, 0.3) is 0 Å². The van der Waals surface area contributed by atoms with E-state index in [1.54, 1.807) is 16.7 Å². The zero-order valence-electron chi connectivity index (χ0n) is 12.3. The third kappa shape index (κ3) is 3.78. The van der Waals surface area contributed by atoms with Gasteiger partial charge in [-0.05, 0) is 11.6 Å². The van der Waals surface area contributed by atoms with E-state index in [1.165, 1.54) is 11.3 Å². The Hall–Kier alpha value is -2.17. The van der Waals surface area contributed by atoms with Crippen molar-refractivity contribution in [2.45, 2.75) is 13.0 Å². The number of ketones is 1. The zero-order chi connectivity index (χ0) is 16.2. The van der Waals surface area contributed by atoms with Gasteiger partial charge in [-0.1, -0.05) is 60.1 Å². The Balaban J connectivity index is 1.78. The van der Waals surface area contributed by atoms with Crippen LogP contribution in [0.1, 0.15) is 20.8 Å². The van der Waals surface area contributed by atoms with Gasteiger partial charge in [0, 0.05) is 28.1 Å². The number of nitrogens with zero attached hydrogens (tertiary/aromatic N) is 1. The maximum absolute atomic E-state index is 12.3. The molecular weight excluding hydrogens is 328 g/mol. The Kier molecular flexibility index (Phi) is 4.74. The van der Waals surface area contributed by atoms with E-state index in [4.69, 9.17) is 17.0 Å². The smallest absolute Gasteiger partial charge is 0.182 e. The molecule has 0 fully saturated rings. The molecular formula is C18H15ClN2OS. The van der Waals surface area contributed by atoms with Crippen molar-refractivity contribution in [2.75, 3.05) is 0 Å². The summed E-state index contributed by atoms with van der Waals surface area (Å²) >= 11 is 7.56. The largest absolute Gasteiger partial charge is 0.316 e.